The van der Waals surface area contributed by atoms with Gasteiger partial charge in [-0.05, 0) is 22.4 Å². The zero-order chi connectivity index (χ0) is 8.43. The molecule has 2 nitrogen and oxygen atoms in total. The van der Waals surface area contributed by atoms with Crippen molar-refractivity contribution in [3.8, 4) is 0 Å². The number of hydrogen-bond donors (Lipinski definition) is 0. The third-order valence-corrected chi connectivity index (χ3v) is 2.97. The van der Waals surface area contributed by atoms with Crippen molar-refractivity contribution >= 4 is 27.5 Å². The summed E-state index contributed by atoms with van der Waals surface area (Å²) in [6.07, 6.45) is 2.06. The molecular formula is C7H10BrClN2. The lowest BCUT2D eigenvalue weighted by Crippen LogP contribution is -1.91. The number of hydrogen-bond acceptors (Lipinski definition) is 1. The van der Waals surface area contributed by atoms with E-state index in [-0.39, 0.29) is 0 Å². The highest BCUT2D eigenvalue weighted by atomic mass is 79.9. The summed E-state index contributed by atoms with van der Waals surface area (Å²) < 4.78 is 2.61. The van der Waals surface area contributed by atoms with E-state index in [1.807, 2.05) is 7.05 Å². The fraction of sp³-hybridized carbons (Fsp3) is 0.571. The highest BCUT2D eigenvalue weighted by Crippen LogP contribution is 2.25. The largest absolute Gasteiger partial charge is 0.256 e. The van der Waals surface area contributed by atoms with Crippen LogP contribution >= 0.6 is 27.5 Å². The normalized spacial score (nSPS) is 10.5. The second-order valence-corrected chi connectivity index (χ2v) is 3.58. The molecule has 0 saturated carbocycles. The molecule has 4 heteroatoms. The smallest absolute Gasteiger partial charge is 0.141 e. The average Bonchev–Trinajstić information content (AvgIpc) is 2.19. The molecule has 0 atom stereocenters. The Bertz CT molecular complexity index is 257. The summed E-state index contributed by atoms with van der Waals surface area (Å²) in [6, 6.07) is 0. The molecule has 1 aromatic heterocycles. The maximum absolute atomic E-state index is 5.89. The highest BCUT2D eigenvalue weighted by molar-refractivity contribution is 9.10. The molecular weight excluding hydrogens is 227 g/mol. The molecule has 62 valence electrons. The van der Waals surface area contributed by atoms with Crippen molar-refractivity contribution in [3.05, 3.63) is 15.3 Å². The van der Waals surface area contributed by atoms with Crippen molar-refractivity contribution < 1.29 is 0 Å². The number of halogens is 2. The Balaban J connectivity index is 2.98. The Morgan fingerprint density at radius 3 is 2.64 bits per heavy atom. The molecule has 0 bridgehead atoms. The van der Waals surface area contributed by atoms with Gasteiger partial charge in [-0.1, -0.05) is 24.9 Å². The lowest BCUT2D eigenvalue weighted by molar-refractivity contribution is 0.734. The Kier molecular flexibility index (Phi) is 2.96. The standard InChI is InChI=1S/C7H10BrClN2/c1-3-4-5-6(8)7(9)11(2)10-5/h3-4H2,1-2H3. The van der Waals surface area contributed by atoms with Gasteiger partial charge in [0.1, 0.15) is 5.15 Å². The van der Waals surface area contributed by atoms with Gasteiger partial charge in [-0.3, -0.25) is 4.68 Å². The van der Waals surface area contributed by atoms with Crippen molar-refractivity contribution in [3.63, 3.8) is 0 Å². The second kappa shape index (κ2) is 3.59. The third-order valence-electron chi connectivity index (χ3n) is 1.48. The minimum atomic E-state index is 0.674. The molecule has 0 fully saturated rings. The molecule has 0 saturated heterocycles. The Morgan fingerprint density at radius 1 is 1.64 bits per heavy atom. The van der Waals surface area contributed by atoms with E-state index in [2.05, 4.69) is 28.0 Å². The quantitative estimate of drug-likeness (QED) is 0.773. The van der Waals surface area contributed by atoms with E-state index in [9.17, 15) is 0 Å². The molecule has 0 aliphatic rings. The van der Waals surface area contributed by atoms with Crippen LogP contribution in [0.1, 0.15) is 19.0 Å². The van der Waals surface area contributed by atoms with E-state index in [0.717, 1.165) is 23.0 Å². The zero-order valence-corrected chi connectivity index (χ0v) is 8.91. The van der Waals surface area contributed by atoms with Crippen molar-refractivity contribution in [1.29, 1.82) is 0 Å². The van der Waals surface area contributed by atoms with E-state index >= 15 is 0 Å². The minimum absolute atomic E-state index is 0.674. The first-order valence-corrected chi connectivity index (χ1v) is 4.70. The third kappa shape index (κ3) is 1.76. The van der Waals surface area contributed by atoms with Crippen LogP contribution in [0.25, 0.3) is 0 Å². The monoisotopic (exact) mass is 236 g/mol. The van der Waals surface area contributed by atoms with Gasteiger partial charge >= 0.3 is 0 Å². The minimum Gasteiger partial charge on any atom is -0.256 e. The van der Waals surface area contributed by atoms with Gasteiger partial charge in [-0.25, -0.2) is 0 Å². The molecule has 11 heavy (non-hydrogen) atoms. The summed E-state index contributed by atoms with van der Waals surface area (Å²) in [4.78, 5) is 0. The van der Waals surface area contributed by atoms with E-state index < -0.39 is 0 Å². The van der Waals surface area contributed by atoms with Crippen molar-refractivity contribution in [1.82, 2.24) is 9.78 Å². The van der Waals surface area contributed by atoms with Gasteiger partial charge in [0.25, 0.3) is 0 Å². The molecule has 0 amide bonds. The molecule has 1 rings (SSSR count). The first-order valence-electron chi connectivity index (χ1n) is 3.53. The number of aryl methyl sites for hydroxylation is 2. The van der Waals surface area contributed by atoms with Gasteiger partial charge in [-0.15, -0.1) is 0 Å². The van der Waals surface area contributed by atoms with Crippen LogP contribution in [0.5, 0.6) is 0 Å². The Morgan fingerprint density at radius 2 is 2.27 bits per heavy atom. The van der Waals surface area contributed by atoms with Gasteiger partial charge in [0, 0.05) is 7.05 Å². The maximum atomic E-state index is 5.89. The summed E-state index contributed by atoms with van der Waals surface area (Å²) >= 11 is 9.27. The van der Waals surface area contributed by atoms with E-state index in [0.29, 0.717) is 5.15 Å². The average molecular weight is 238 g/mol. The van der Waals surface area contributed by atoms with Crippen molar-refractivity contribution in [2.24, 2.45) is 7.05 Å². The van der Waals surface area contributed by atoms with Gasteiger partial charge in [0.2, 0.25) is 0 Å². The van der Waals surface area contributed by atoms with Crippen LogP contribution in [0.15, 0.2) is 4.47 Å². The topological polar surface area (TPSA) is 17.8 Å². The highest BCUT2D eigenvalue weighted by Gasteiger charge is 2.09. The first-order chi connectivity index (χ1) is 5.16. The van der Waals surface area contributed by atoms with E-state index in [1.165, 1.54) is 0 Å². The van der Waals surface area contributed by atoms with Gasteiger partial charge in [0.05, 0.1) is 10.2 Å². The van der Waals surface area contributed by atoms with Crippen LogP contribution in [0, 0.1) is 0 Å². The number of aromatic nitrogens is 2. The predicted octanol–water partition coefficient (Wildman–Crippen LogP) is 2.79. The Hall–Kier alpha value is -0.0200. The summed E-state index contributed by atoms with van der Waals surface area (Å²) in [6.45, 7) is 2.12. The molecule has 1 heterocycles. The molecule has 0 radical (unpaired) electrons. The number of nitrogens with zero attached hydrogens (tertiary/aromatic N) is 2. The summed E-state index contributed by atoms with van der Waals surface area (Å²) in [5, 5.41) is 4.91. The molecule has 1 aromatic rings. The summed E-state index contributed by atoms with van der Waals surface area (Å²) in [5.74, 6) is 0. The lowest BCUT2D eigenvalue weighted by atomic mass is 10.3. The SMILES string of the molecule is CCCc1nn(C)c(Cl)c1Br. The summed E-state index contributed by atoms with van der Waals surface area (Å²) in [7, 11) is 1.84. The zero-order valence-electron chi connectivity index (χ0n) is 6.56. The maximum Gasteiger partial charge on any atom is 0.141 e. The second-order valence-electron chi connectivity index (χ2n) is 2.43. The van der Waals surface area contributed by atoms with Gasteiger partial charge < -0.3 is 0 Å². The molecule has 0 aliphatic carbocycles. The van der Waals surface area contributed by atoms with Crippen molar-refractivity contribution in [2.75, 3.05) is 0 Å². The van der Waals surface area contributed by atoms with Crippen molar-refractivity contribution in [2.45, 2.75) is 19.8 Å². The Labute approximate surface area is 79.7 Å². The van der Waals surface area contributed by atoms with Crippen LogP contribution < -0.4 is 0 Å². The van der Waals surface area contributed by atoms with E-state index in [4.69, 9.17) is 11.6 Å². The lowest BCUT2D eigenvalue weighted by Gasteiger charge is -1.89. The first kappa shape index (κ1) is 9.07. The van der Waals surface area contributed by atoms with Crippen LogP contribution in [0.4, 0.5) is 0 Å². The van der Waals surface area contributed by atoms with Gasteiger partial charge in [0.15, 0.2) is 0 Å². The van der Waals surface area contributed by atoms with Crippen LogP contribution in [0.2, 0.25) is 5.15 Å². The summed E-state index contributed by atoms with van der Waals surface area (Å²) in [5.41, 5.74) is 1.04. The van der Waals surface area contributed by atoms with E-state index in [1.54, 1.807) is 4.68 Å². The van der Waals surface area contributed by atoms with Crippen LogP contribution in [-0.2, 0) is 13.5 Å². The predicted molar refractivity (Wildman–Crippen MR) is 49.9 cm³/mol. The molecule has 0 aliphatic heterocycles. The molecule has 0 N–H and O–H groups in total. The van der Waals surface area contributed by atoms with Gasteiger partial charge in [-0.2, -0.15) is 5.10 Å². The number of rotatable bonds is 2. The fourth-order valence-electron chi connectivity index (χ4n) is 0.927. The molecule has 0 unspecified atom stereocenters. The van der Waals surface area contributed by atoms with Crippen LogP contribution in [-0.4, -0.2) is 9.78 Å². The molecule has 0 spiro atoms. The van der Waals surface area contributed by atoms with Crippen LogP contribution in [0.3, 0.4) is 0 Å². The fourth-order valence-corrected chi connectivity index (χ4v) is 1.61. The molecule has 0 aromatic carbocycles.